The molecule has 0 bridgehead atoms. The Hall–Kier alpha value is -1.94. The van der Waals surface area contributed by atoms with Gasteiger partial charge >= 0.3 is 5.97 Å². The monoisotopic (exact) mass is 402 g/mol. The van der Waals surface area contributed by atoms with E-state index < -0.39 is 10.8 Å². The lowest BCUT2D eigenvalue weighted by atomic mass is 9.99. The van der Waals surface area contributed by atoms with Crippen LogP contribution in [0.2, 0.25) is 0 Å². The molecule has 2 rings (SSSR count). The zero-order chi connectivity index (χ0) is 20.4. The highest BCUT2D eigenvalue weighted by Gasteiger charge is 2.32. The van der Waals surface area contributed by atoms with Crippen LogP contribution < -0.4 is 0 Å². The predicted octanol–water partition coefficient (Wildman–Crippen LogP) is 6.37. The number of alkyl halides is 1. The van der Waals surface area contributed by atoms with Gasteiger partial charge in [-0.15, -0.1) is 11.6 Å². The Bertz CT molecular complexity index is 727. The molecular weight excluding hydrogens is 372 g/mol. The average Bonchev–Trinajstić information content (AvgIpc) is 2.70. The van der Waals surface area contributed by atoms with E-state index in [4.69, 9.17) is 11.6 Å². The third-order valence-electron chi connectivity index (χ3n) is 5.11. The number of aromatic nitrogens is 2. The van der Waals surface area contributed by atoms with Gasteiger partial charge in [-0.3, -0.25) is 0 Å². The predicted molar refractivity (Wildman–Crippen MR) is 115 cm³/mol. The highest BCUT2D eigenvalue weighted by atomic mass is 35.5. The number of carboxylic acid groups (broad SMARTS) is 1. The molecule has 0 unspecified atom stereocenters. The van der Waals surface area contributed by atoms with Gasteiger partial charge in [-0.2, -0.15) is 0 Å². The fourth-order valence-corrected chi connectivity index (χ4v) is 3.28. The summed E-state index contributed by atoms with van der Waals surface area (Å²) >= 11 is 6.09. The summed E-state index contributed by atoms with van der Waals surface area (Å²) in [4.78, 5) is 18.7. The molecule has 0 amide bonds. The maximum Gasteiger partial charge on any atom is 0.329 e. The summed E-state index contributed by atoms with van der Waals surface area (Å²) in [7, 11) is 0. The molecule has 1 N–H and O–H groups in total. The normalized spacial score (nSPS) is 13.2. The van der Waals surface area contributed by atoms with E-state index in [0.29, 0.717) is 11.4 Å². The molecule has 0 fully saturated rings. The van der Waals surface area contributed by atoms with Gasteiger partial charge in [0.1, 0.15) is 0 Å². The SMILES string of the molecule is CCCCCCCCCCc1cnc(-c2ccc([C@@](C)(Cl)C(=O)O)cc2)nc1. The van der Waals surface area contributed by atoms with Crippen molar-refractivity contribution in [2.45, 2.75) is 76.5 Å². The third kappa shape index (κ3) is 6.59. The molecule has 152 valence electrons. The Morgan fingerprint density at radius 1 is 0.964 bits per heavy atom. The van der Waals surface area contributed by atoms with E-state index in [1.807, 2.05) is 24.5 Å². The summed E-state index contributed by atoms with van der Waals surface area (Å²) in [6, 6.07) is 7.06. The summed E-state index contributed by atoms with van der Waals surface area (Å²) in [5, 5.41) is 9.21. The van der Waals surface area contributed by atoms with Crippen LogP contribution >= 0.6 is 11.6 Å². The largest absolute Gasteiger partial charge is 0.480 e. The maximum absolute atomic E-state index is 11.2. The first kappa shape index (κ1) is 22.4. The van der Waals surface area contributed by atoms with E-state index in [2.05, 4.69) is 16.9 Å². The highest BCUT2D eigenvalue weighted by Crippen LogP contribution is 2.30. The molecule has 2 aromatic rings. The molecule has 0 aliphatic carbocycles. The van der Waals surface area contributed by atoms with Crippen LogP contribution in [0.3, 0.4) is 0 Å². The molecule has 4 nitrogen and oxygen atoms in total. The minimum Gasteiger partial charge on any atom is -0.480 e. The minimum atomic E-state index is -1.43. The molecule has 1 aromatic carbocycles. The van der Waals surface area contributed by atoms with Crippen LogP contribution in [0.15, 0.2) is 36.7 Å². The summed E-state index contributed by atoms with van der Waals surface area (Å²) in [6.07, 6.45) is 15.3. The first-order valence-electron chi connectivity index (χ1n) is 10.3. The molecule has 1 heterocycles. The zero-order valence-electron chi connectivity index (χ0n) is 17.0. The van der Waals surface area contributed by atoms with Crippen LogP contribution in [-0.4, -0.2) is 21.0 Å². The van der Waals surface area contributed by atoms with Gasteiger partial charge in [-0.1, -0.05) is 76.1 Å². The van der Waals surface area contributed by atoms with Crippen molar-refractivity contribution in [1.82, 2.24) is 9.97 Å². The number of aryl methyl sites for hydroxylation is 1. The van der Waals surface area contributed by atoms with Crippen molar-refractivity contribution in [2.75, 3.05) is 0 Å². The summed E-state index contributed by atoms with van der Waals surface area (Å²) in [5.41, 5.74) is 2.54. The number of hydrogen-bond donors (Lipinski definition) is 1. The number of nitrogens with zero attached hydrogens (tertiary/aromatic N) is 2. The number of carbonyl (C=O) groups is 1. The third-order valence-corrected chi connectivity index (χ3v) is 5.49. The Morgan fingerprint density at radius 3 is 2.04 bits per heavy atom. The van der Waals surface area contributed by atoms with Crippen molar-refractivity contribution in [3.8, 4) is 11.4 Å². The molecule has 1 aromatic heterocycles. The minimum absolute atomic E-state index is 0.539. The summed E-state index contributed by atoms with van der Waals surface area (Å²) < 4.78 is 0. The molecule has 0 spiro atoms. The van der Waals surface area contributed by atoms with Gasteiger partial charge in [0, 0.05) is 18.0 Å². The number of halogens is 1. The number of carboxylic acids is 1. The number of rotatable bonds is 12. The van der Waals surface area contributed by atoms with Gasteiger partial charge in [-0.05, 0) is 30.9 Å². The Labute approximate surface area is 173 Å². The Morgan fingerprint density at radius 2 is 1.50 bits per heavy atom. The van der Waals surface area contributed by atoms with Crippen molar-refractivity contribution >= 4 is 17.6 Å². The molecule has 0 aliphatic rings. The fourth-order valence-electron chi connectivity index (χ4n) is 3.15. The zero-order valence-corrected chi connectivity index (χ0v) is 17.7. The summed E-state index contributed by atoms with van der Waals surface area (Å²) in [6.45, 7) is 3.72. The van der Waals surface area contributed by atoms with Crippen LogP contribution in [0.5, 0.6) is 0 Å². The van der Waals surface area contributed by atoms with Crippen molar-refractivity contribution in [2.24, 2.45) is 0 Å². The van der Waals surface area contributed by atoms with E-state index in [0.717, 1.165) is 17.5 Å². The molecular formula is C23H31ClN2O2. The van der Waals surface area contributed by atoms with Crippen molar-refractivity contribution in [3.05, 3.63) is 47.8 Å². The first-order chi connectivity index (χ1) is 13.4. The molecule has 5 heteroatoms. The maximum atomic E-state index is 11.2. The van der Waals surface area contributed by atoms with Crippen molar-refractivity contribution in [1.29, 1.82) is 0 Å². The summed E-state index contributed by atoms with van der Waals surface area (Å²) in [5.74, 6) is -0.429. The van der Waals surface area contributed by atoms with Gasteiger partial charge in [0.25, 0.3) is 0 Å². The topological polar surface area (TPSA) is 63.1 Å². The number of aliphatic carboxylic acids is 1. The second-order valence-electron chi connectivity index (χ2n) is 7.53. The lowest BCUT2D eigenvalue weighted by Gasteiger charge is -2.17. The van der Waals surface area contributed by atoms with E-state index in [9.17, 15) is 9.90 Å². The highest BCUT2D eigenvalue weighted by molar-refractivity contribution is 6.33. The fraction of sp³-hybridized carbons (Fsp3) is 0.522. The average molecular weight is 403 g/mol. The Balaban J connectivity index is 1.81. The number of benzene rings is 1. The van der Waals surface area contributed by atoms with Crippen LogP contribution in [-0.2, 0) is 16.1 Å². The number of hydrogen-bond acceptors (Lipinski definition) is 3. The van der Waals surface area contributed by atoms with Crippen LogP contribution in [0, 0.1) is 0 Å². The lowest BCUT2D eigenvalue weighted by Crippen LogP contribution is -2.25. The molecule has 0 aliphatic heterocycles. The first-order valence-corrected chi connectivity index (χ1v) is 10.7. The van der Waals surface area contributed by atoms with Gasteiger partial charge < -0.3 is 5.11 Å². The molecule has 28 heavy (non-hydrogen) atoms. The molecule has 0 saturated carbocycles. The second-order valence-corrected chi connectivity index (χ2v) is 8.28. The van der Waals surface area contributed by atoms with Crippen LogP contribution in [0.4, 0.5) is 0 Å². The van der Waals surface area contributed by atoms with Crippen molar-refractivity contribution in [3.63, 3.8) is 0 Å². The Kier molecular flexibility index (Phi) is 8.91. The molecule has 0 saturated heterocycles. The van der Waals surface area contributed by atoms with Gasteiger partial charge in [0.15, 0.2) is 10.7 Å². The van der Waals surface area contributed by atoms with Gasteiger partial charge in [-0.25, -0.2) is 14.8 Å². The van der Waals surface area contributed by atoms with Gasteiger partial charge in [0.05, 0.1) is 0 Å². The van der Waals surface area contributed by atoms with E-state index in [1.165, 1.54) is 58.3 Å². The van der Waals surface area contributed by atoms with E-state index >= 15 is 0 Å². The van der Waals surface area contributed by atoms with Gasteiger partial charge in [0.2, 0.25) is 0 Å². The van der Waals surface area contributed by atoms with Crippen LogP contribution in [0.1, 0.15) is 76.3 Å². The second kappa shape index (κ2) is 11.2. The van der Waals surface area contributed by atoms with E-state index in [1.54, 1.807) is 12.1 Å². The van der Waals surface area contributed by atoms with Crippen molar-refractivity contribution < 1.29 is 9.90 Å². The lowest BCUT2D eigenvalue weighted by molar-refractivity contribution is -0.139. The molecule has 0 radical (unpaired) electrons. The smallest absolute Gasteiger partial charge is 0.329 e. The van der Waals surface area contributed by atoms with E-state index in [-0.39, 0.29) is 0 Å². The van der Waals surface area contributed by atoms with Crippen LogP contribution in [0.25, 0.3) is 11.4 Å². The standard InChI is InChI=1S/C23H31ClN2O2/c1-3-4-5-6-7-8-9-10-11-18-16-25-21(26-17-18)19-12-14-20(15-13-19)23(2,24)22(27)28/h12-17H,3-11H2,1-2H3,(H,27,28)/t23-/m1/s1. The molecule has 1 atom stereocenters. The number of unbranched alkanes of at least 4 members (excludes halogenated alkanes) is 7. The quantitative estimate of drug-likeness (QED) is 0.331.